The van der Waals surface area contributed by atoms with Crippen LogP contribution < -0.4 is 4.74 Å². The molecule has 2 rings (SSSR count). The number of hydrogen-bond donors (Lipinski definition) is 0. The number of rotatable bonds is 8. The molecule has 0 aliphatic rings. The van der Waals surface area contributed by atoms with Crippen LogP contribution in [0.15, 0.2) is 31.8 Å². The molecule has 0 N–H and O–H groups in total. The zero-order valence-electron chi connectivity index (χ0n) is 11.8. The Hall–Kier alpha value is -0.480. The van der Waals surface area contributed by atoms with E-state index in [9.17, 15) is 0 Å². The van der Waals surface area contributed by atoms with Crippen LogP contribution in [0.3, 0.4) is 0 Å². The fourth-order valence-corrected chi connectivity index (χ4v) is 3.16. The molecule has 0 unspecified atom stereocenters. The monoisotopic (exact) mass is 402 g/mol. The van der Waals surface area contributed by atoms with Crippen LogP contribution in [0.25, 0.3) is 11.0 Å². The van der Waals surface area contributed by atoms with Gasteiger partial charge in [0.05, 0.1) is 16.5 Å². The highest BCUT2D eigenvalue weighted by Crippen LogP contribution is 2.40. The molecule has 1 heterocycles. The van der Waals surface area contributed by atoms with E-state index in [1.54, 1.807) is 0 Å². The molecular formula is C16H20Br2O2. The summed E-state index contributed by atoms with van der Waals surface area (Å²) in [5.41, 5.74) is 0.831. The van der Waals surface area contributed by atoms with Crippen molar-refractivity contribution in [3.8, 4) is 5.75 Å². The average Bonchev–Trinajstić information content (AvgIpc) is 2.76. The van der Waals surface area contributed by atoms with Gasteiger partial charge in [-0.15, -0.1) is 0 Å². The Morgan fingerprint density at radius 3 is 2.60 bits per heavy atom. The van der Waals surface area contributed by atoms with Crippen molar-refractivity contribution in [2.75, 3.05) is 6.61 Å². The van der Waals surface area contributed by atoms with Crippen LogP contribution in [0.5, 0.6) is 5.75 Å². The molecule has 1 aromatic carbocycles. The number of hydrogen-bond acceptors (Lipinski definition) is 2. The summed E-state index contributed by atoms with van der Waals surface area (Å²) in [6.45, 7) is 2.98. The van der Waals surface area contributed by atoms with Crippen molar-refractivity contribution < 1.29 is 9.15 Å². The van der Waals surface area contributed by atoms with Crippen molar-refractivity contribution in [3.63, 3.8) is 0 Å². The van der Waals surface area contributed by atoms with Gasteiger partial charge < -0.3 is 9.15 Å². The van der Waals surface area contributed by atoms with E-state index in [0.717, 1.165) is 34.2 Å². The second-order valence-corrected chi connectivity index (χ2v) is 6.51. The first-order valence-corrected chi connectivity index (χ1v) is 8.82. The molecule has 110 valence electrons. The summed E-state index contributed by atoms with van der Waals surface area (Å²) in [6.07, 6.45) is 7.60. The topological polar surface area (TPSA) is 22.4 Å². The Labute approximate surface area is 137 Å². The molecule has 0 saturated heterocycles. The number of benzene rings is 1. The molecule has 0 saturated carbocycles. The lowest BCUT2D eigenvalue weighted by Gasteiger charge is -2.05. The van der Waals surface area contributed by atoms with Gasteiger partial charge in [-0.25, -0.2) is 0 Å². The largest absolute Gasteiger partial charge is 0.488 e. The van der Waals surface area contributed by atoms with Gasteiger partial charge in [0.15, 0.2) is 11.3 Å². The van der Waals surface area contributed by atoms with Gasteiger partial charge in [-0.3, -0.25) is 0 Å². The fourth-order valence-electron chi connectivity index (χ4n) is 2.22. The van der Waals surface area contributed by atoms with Crippen LogP contribution in [0.2, 0.25) is 0 Å². The van der Waals surface area contributed by atoms with Gasteiger partial charge in [0.25, 0.3) is 0 Å². The van der Waals surface area contributed by atoms with Crippen molar-refractivity contribution in [3.05, 3.63) is 27.3 Å². The van der Waals surface area contributed by atoms with Gasteiger partial charge in [-0.05, 0) is 50.4 Å². The molecule has 0 aliphatic heterocycles. The Bertz CT molecular complexity index is 549. The van der Waals surface area contributed by atoms with E-state index in [4.69, 9.17) is 9.15 Å². The second-order valence-electron chi connectivity index (χ2n) is 4.94. The zero-order chi connectivity index (χ0) is 14.4. The van der Waals surface area contributed by atoms with Gasteiger partial charge in [-0.2, -0.15) is 0 Å². The molecule has 0 bridgehead atoms. The van der Waals surface area contributed by atoms with Gasteiger partial charge in [-0.1, -0.05) is 45.1 Å². The Morgan fingerprint density at radius 1 is 1.05 bits per heavy atom. The van der Waals surface area contributed by atoms with E-state index >= 15 is 0 Å². The maximum Gasteiger partial charge on any atom is 0.212 e. The highest BCUT2D eigenvalue weighted by molar-refractivity contribution is 9.11. The lowest BCUT2D eigenvalue weighted by Crippen LogP contribution is -1.97. The summed E-state index contributed by atoms with van der Waals surface area (Å²) >= 11 is 6.93. The molecule has 0 spiro atoms. The SMILES string of the molecule is CCCCCCCCOc1c(Br)oc2c(Br)cccc12. The maximum absolute atomic E-state index is 5.89. The van der Waals surface area contributed by atoms with Crippen LogP contribution in [-0.2, 0) is 0 Å². The number of fused-ring (bicyclic) bond motifs is 1. The quantitative estimate of drug-likeness (QED) is 0.457. The molecule has 0 radical (unpaired) electrons. The number of halogens is 2. The second kappa shape index (κ2) is 8.08. The molecule has 0 aliphatic carbocycles. The minimum Gasteiger partial charge on any atom is -0.488 e. The Kier molecular flexibility index (Phi) is 6.43. The summed E-state index contributed by atoms with van der Waals surface area (Å²) in [5.74, 6) is 0.815. The van der Waals surface area contributed by atoms with Crippen LogP contribution in [0, 0.1) is 0 Å². The van der Waals surface area contributed by atoms with Crippen LogP contribution in [-0.4, -0.2) is 6.61 Å². The predicted molar refractivity (Wildman–Crippen MR) is 90.5 cm³/mol. The van der Waals surface area contributed by atoms with Crippen LogP contribution >= 0.6 is 31.9 Å². The van der Waals surface area contributed by atoms with Crippen molar-refractivity contribution in [1.82, 2.24) is 0 Å². The molecule has 4 heteroatoms. The summed E-state index contributed by atoms with van der Waals surface area (Å²) in [7, 11) is 0. The van der Waals surface area contributed by atoms with Crippen molar-refractivity contribution in [2.45, 2.75) is 45.4 Å². The van der Waals surface area contributed by atoms with E-state index in [-0.39, 0.29) is 0 Å². The summed E-state index contributed by atoms with van der Waals surface area (Å²) in [4.78, 5) is 0. The summed E-state index contributed by atoms with van der Waals surface area (Å²) < 4.78 is 13.2. The average molecular weight is 404 g/mol. The molecule has 1 aromatic heterocycles. The molecule has 0 amide bonds. The van der Waals surface area contributed by atoms with Gasteiger partial charge in [0.1, 0.15) is 0 Å². The summed E-state index contributed by atoms with van der Waals surface area (Å²) in [5, 5.41) is 1.01. The molecule has 2 nitrogen and oxygen atoms in total. The Balaban J connectivity index is 1.87. The third-order valence-electron chi connectivity index (χ3n) is 3.33. The molecular weight excluding hydrogens is 384 g/mol. The third kappa shape index (κ3) is 4.01. The predicted octanol–water partition coefficient (Wildman–Crippen LogP) is 6.70. The minimum absolute atomic E-state index is 0.672. The molecule has 2 aromatic rings. The number of furan rings is 1. The highest BCUT2D eigenvalue weighted by Gasteiger charge is 2.15. The van der Waals surface area contributed by atoms with Crippen molar-refractivity contribution in [2.24, 2.45) is 0 Å². The normalized spacial score (nSPS) is 11.2. The first-order chi connectivity index (χ1) is 9.74. The standard InChI is InChI=1S/C16H20Br2O2/c1-2-3-4-5-6-7-11-19-15-12-9-8-10-13(17)14(12)20-16(15)18/h8-10H,2-7,11H2,1H3. The minimum atomic E-state index is 0.672. The van der Waals surface area contributed by atoms with Gasteiger partial charge >= 0.3 is 0 Å². The van der Waals surface area contributed by atoms with E-state index in [0.29, 0.717) is 4.67 Å². The fraction of sp³-hybridized carbons (Fsp3) is 0.500. The smallest absolute Gasteiger partial charge is 0.212 e. The number of unbranched alkanes of at least 4 members (excludes halogenated alkanes) is 5. The van der Waals surface area contributed by atoms with E-state index in [1.165, 1.54) is 32.1 Å². The van der Waals surface area contributed by atoms with E-state index < -0.39 is 0 Å². The lowest BCUT2D eigenvalue weighted by atomic mass is 10.1. The zero-order valence-corrected chi connectivity index (χ0v) is 14.9. The van der Waals surface area contributed by atoms with E-state index in [1.807, 2.05) is 18.2 Å². The van der Waals surface area contributed by atoms with Crippen LogP contribution in [0.4, 0.5) is 0 Å². The van der Waals surface area contributed by atoms with Gasteiger partial charge in [0, 0.05) is 0 Å². The van der Waals surface area contributed by atoms with Crippen molar-refractivity contribution >= 4 is 42.8 Å². The Morgan fingerprint density at radius 2 is 1.80 bits per heavy atom. The van der Waals surface area contributed by atoms with Crippen LogP contribution in [0.1, 0.15) is 45.4 Å². The summed E-state index contributed by atoms with van der Waals surface area (Å²) in [6, 6.07) is 5.98. The first-order valence-electron chi connectivity index (χ1n) is 7.23. The third-order valence-corrected chi connectivity index (χ3v) is 4.47. The molecule has 20 heavy (non-hydrogen) atoms. The molecule has 0 fully saturated rings. The maximum atomic E-state index is 5.89. The first kappa shape index (κ1) is 15.9. The van der Waals surface area contributed by atoms with Gasteiger partial charge in [0.2, 0.25) is 4.67 Å². The highest BCUT2D eigenvalue weighted by atomic mass is 79.9. The number of para-hydroxylation sites is 1. The number of ether oxygens (including phenoxy) is 1. The lowest BCUT2D eigenvalue weighted by molar-refractivity contribution is 0.300. The van der Waals surface area contributed by atoms with E-state index in [2.05, 4.69) is 38.8 Å². The van der Waals surface area contributed by atoms with Crippen molar-refractivity contribution in [1.29, 1.82) is 0 Å². The molecule has 0 atom stereocenters.